The van der Waals surface area contributed by atoms with Crippen LogP contribution >= 0.6 is 11.8 Å². The third-order valence-corrected chi connectivity index (χ3v) is 3.74. The van der Waals surface area contributed by atoms with Gasteiger partial charge >= 0.3 is 0 Å². The van der Waals surface area contributed by atoms with E-state index in [1.807, 2.05) is 11.8 Å². The van der Waals surface area contributed by atoms with Crippen LogP contribution < -0.4 is 0 Å². The van der Waals surface area contributed by atoms with Crippen molar-refractivity contribution in [2.24, 2.45) is 5.92 Å². The Bertz CT molecular complexity index is 128. The second-order valence-electron chi connectivity index (χ2n) is 4.31. The smallest absolute Gasteiger partial charge is 0.0745 e. The van der Waals surface area contributed by atoms with Crippen LogP contribution in [0.2, 0.25) is 0 Å². The van der Waals surface area contributed by atoms with Crippen molar-refractivity contribution >= 4 is 11.8 Å². The van der Waals surface area contributed by atoms with E-state index in [2.05, 4.69) is 13.8 Å². The Labute approximate surface area is 79.9 Å². The molecule has 0 aliphatic carbocycles. The average molecular weight is 188 g/mol. The summed E-state index contributed by atoms with van der Waals surface area (Å²) in [4.78, 5) is 0. The molecule has 1 unspecified atom stereocenters. The van der Waals surface area contributed by atoms with E-state index in [0.29, 0.717) is 0 Å². The molecule has 1 nitrogen and oxygen atoms in total. The number of hydrogen-bond donors (Lipinski definition) is 1. The monoisotopic (exact) mass is 188 g/mol. The van der Waals surface area contributed by atoms with Crippen LogP contribution in [-0.4, -0.2) is 22.2 Å². The summed E-state index contributed by atoms with van der Waals surface area (Å²) >= 11 is 1.89. The number of aliphatic hydroxyl groups is 1. The Kier molecular flexibility index (Phi) is 3.91. The highest BCUT2D eigenvalue weighted by molar-refractivity contribution is 7.99. The summed E-state index contributed by atoms with van der Waals surface area (Å²) in [5.41, 5.74) is -0.306. The van der Waals surface area contributed by atoms with Crippen molar-refractivity contribution in [1.82, 2.24) is 0 Å². The average Bonchev–Trinajstić information content (AvgIpc) is 2.35. The summed E-state index contributed by atoms with van der Waals surface area (Å²) in [6.07, 6.45) is 4.47. The summed E-state index contributed by atoms with van der Waals surface area (Å²) in [7, 11) is 0. The minimum absolute atomic E-state index is 0.306. The van der Waals surface area contributed by atoms with E-state index in [1.54, 1.807) is 0 Å². The predicted octanol–water partition coefficient (Wildman–Crippen LogP) is 2.68. The molecule has 1 fully saturated rings. The van der Waals surface area contributed by atoms with Crippen molar-refractivity contribution in [3.05, 3.63) is 0 Å². The highest BCUT2D eigenvalue weighted by atomic mass is 32.2. The Morgan fingerprint density at radius 2 is 2.25 bits per heavy atom. The number of thioether (sulfide) groups is 1. The van der Waals surface area contributed by atoms with E-state index in [0.717, 1.165) is 30.3 Å². The molecule has 0 aromatic heterocycles. The summed E-state index contributed by atoms with van der Waals surface area (Å²) in [5, 5.41) is 9.98. The summed E-state index contributed by atoms with van der Waals surface area (Å²) in [5.74, 6) is 2.89. The maximum atomic E-state index is 9.98. The van der Waals surface area contributed by atoms with Crippen LogP contribution in [0.3, 0.4) is 0 Å². The van der Waals surface area contributed by atoms with Gasteiger partial charge < -0.3 is 5.11 Å². The van der Waals surface area contributed by atoms with E-state index in [1.165, 1.54) is 12.8 Å². The maximum Gasteiger partial charge on any atom is 0.0745 e. The molecule has 1 N–H and O–H groups in total. The molecule has 72 valence electrons. The molecule has 2 heteroatoms. The third-order valence-electron chi connectivity index (χ3n) is 2.51. The van der Waals surface area contributed by atoms with Crippen LogP contribution in [0.1, 0.15) is 39.5 Å². The predicted molar refractivity (Wildman–Crippen MR) is 55.6 cm³/mol. The van der Waals surface area contributed by atoms with Gasteiger partial charge in [-0.25, -0.2) is 0 Å². The fourth-order valence-electron chi connectivity index (χ4n) is 1.63. The standard InChI is InChI=1S/C10H20OS/c1-9(2)4-3-5-10(11)6-7-12-8-10/h9,11H,3-8H2,1-2H3. The van der Waals surface area contributed by atoms with E-state index in [-0.39, 0.29) is 5.60 Å². The number of hydrogen-bond acceptors (Lipinski definition) is 2. The first-order chi connectivity index (χ1) is 5.62. The highest BCUT2D eigenvalue weighted by Crippen LogP contribution is 2.32. The summed E-state index contributed by atoms with van der Waals surface area (Å²) in [6.45, 7) is 4.49. The SMILES string of the molecule is CC(C)CCCC1(O)CCSC1. The van der Waals surface area contributed by atoms with Crippen molar-refractivity contribution < 1.29 is 5.11 Å². The van der Waals surface area contributed by atoms with E-state index >= 15 is 0 Å². The van der Waals surface area contributed by atoms with Gasteiger partial charge in [-0.2, -0.15) is 11.8 Å². The maximum absolute atomic E-state index is 9.98. The van der Waals surface area contributed by atoms with Gasteiger partial charge in [-0.05, 0) is 24.5 Å². The van der Waals surface area contributed by atoms with Crippen molar-refractivity contribution in [2.45, 2.75) is 45.1 Å². The van der Waals surface area contributed by atoms with Gasteiger partial charge in [0, 0.05) is 5.75 Å². The molecule has 1 saturated heterocycles. The van der Waals surface area contributed by atoms with E-state index in [4.69, 9.17) is 0 Å². The van der Waals surface area contributed by atoms with E-state index in [9.17, 15) is 5.11 Å². The van der Waals surface area contributed by atoms with Crippen molar-refractivity contribution in [2.75, 3.05) is 11.5 Å². The van der Waals surface area contributed by atoms with E-state index < -0.39 is 0 Å². The molecule has 1 aliphatic rings. The van der Waals surface area contributed by atoms with Crippen molar-refractivity contribution in [3.63, 3.8) is 0 Å². The van der Waals surface area contributed by atoms with Gasteiger partial charge in [0.05, 0.1) is 5.60 Å². The fraction of sp³-hybridized carbons (Fsp3) is 1.00. The fourth-order valence-corrected chi connectivity index (χ4v) is 2.97. The lowest BCUT2D eigenvalue weighted by atomic mass is 9.94. The molecular weight excluding hydrogens is 168 g/mol. The van der Waals surface area contributed by atoms with Gasteiger partial charge in [0.1, 0.15) is 0 Å². The Morgan fingerprint density at radius 1 is 1.50 bits per heavy atom. The quantitative estimate of drug-likeness (QED) is 0.732. The normalized spacial score (nSPS) is 30.0. The zero-order valence-electron chi connectivity index (χ0n) is 8.18. The molecule has 0 amide bonds. The molecule has 1 aliphatic heterocycles. The van der Waals surface area contributed by atoms with Crippen molar-refractivity contribution in [3.8, 4) is 0 Å². The van der Waals surface area contributed by atoms with Gasteiger partial charge in [-0.1, -0.05) is 26.7 Å². The highest BCUT2D eigenvalue weighted by Gasteiger charge is 2.30. The molecule has 0 aromatic rings. The van der Waals surface area contributed by atoms with Crippen LogP contribution in [0.25, 0.3) is 0 Å². The minimum atomic E-state index is -0.306. The molecule has 1 atom stereocenters. The first-order valence-corrected chi connectivity index (χ1v) is 6.08. The lowest BCUT2D eigenvalue weighted by molar-refractivity contribution is 0.0554. The van der Waals surface area contributed by atoms with Crippen LogP contribution in [-0.2, 0) is 0 Å². The van der Waals surface area contributed by atoms with Crippen LogP contribution in [0.15, 0.2) is 0 Å². The van der Waals surface area contributed by atoms with Gasteiger partial charge in [0.15, 0.2) is 0 Å². The topological polar surface area (TPSA) is 20.2 Å². The van der Waals surface area contributed by atoms with Gasteiger partial charge in [0.2, 0.25) is 0 Å². The molecule has 1 heterocycles. The summed E-state index contributed by atoms with van der Waals surface area (Å²) in [6, 6.07) is 0. The molecule has 0 spiro atoms. The van der Waals surface area contributed by atoms with Crippen LogP contribution in [0.5, 0.6) is 0 Å². The second-order valence-corrected chi connectivity index (χ2v) is 5.42. The lowest BCUT2D eigenvalue weighted by Gasteiger charge is -2.21. The van der Waals surface area contributed by atoms with Gasteiger partial charge in [-0.3, -0.25) is 0 Å². The summed E-state index contributed by atoms with van der Waals surface area (Å²) < 4.78 is 0. The third kappa shape index (κ3) is 3.36. The zero-order chi connectivity index (χ0) is 9.03. The van der Waals surface area contributed by atoms with Gasteiger partial charge in [0.25, 0.3) is 0 Å². The Hall–Kier alpha value is 0.310. The second kappa shape index (κ2) is 4.52. The Morgan fingerprint density at radius 3 is 2.75 bits per heavy atom. The molecule has 12 heavy (non-hydrogen) atoms. The van der Waals surface area contributed by atoms with Crippen LogP contribution in [0, 0.1) is 5.92 Å². The first-order valence-electron chi connectivity index (χ1n) is 4.92. The molecule has 1 rings (SSSR count). The minimum Gasteiger partial charge on any atom is -0.389 e. The number of rotatable bonds is 4. The molecule has 0 saturated carbocycles. The lowest BCUT2D eigenvalue weighted by Crippen LogP contribution is -2.27. The molecular formula is C10H20OS. The molecule has 0 radical (unpaired) electrons. The molecule has 0 aromatic carbocycles. The van der Waals surface area contributed by atoms with Crippen LogP contribution in [0.4, 0.5) is 0 Å². The largest absolute Gasteiger partial charge is 0.389 e. The van der Waals surface area contributed by atoms with Crippen molar-refractivity contribution in [1.29, 1.82) is 0 Å². The zero-order valence-corrected chi connectivity index (χ0v) is 8.99. The first kappa shape index (κ1) is 10.4. The Balaban J connectivity index is 2.13. The van der Waals surface area contributed by atoms with Gasteiger partial charge in [-0.15, -0.1) is 0 Å². The molecule has 0 bridgehead atoms.